The number of hydrogen-bond acceptors (Lipinski definition) is 9. The maximum atomic E-state index is 10.9. The monoisotopic (exact) mass is 690 g/mol. The summed E-state index contributed by atoms with van der Waals surface area (Å²) < 4.78 is 11.6. The molecule has 11 heteroatoms. The normalized spacial score (nSPS) is 12.2. The smallest absolute Gasteiger partial charge is 0.691 e. The average molecular weight is 691 g/mol. The van der Waals surface area contributed by atoms with Gasteiger partial charge in [-0.3, -0.25) is 10.1 Å². The third-order valence-electron chi connectivity index (χ3n) is 7.77. The van der Waals surface area contributed by atoms with Crippen molar-refractivity contribution in [3.05, 3.63) is 155 Å². The minimum atomic E-state index is 0. The van der Waals surface area contributed by atoms with E-state index < -0.39 is 0 Å². The number of allylic oxidation sites excluding steroid dienone is 5. The van der Waals surface area contributed by atoms with Crippen LogP contribution in [0.1, 0.15) is 36.1 Å². The summed E-state index contributed by atoms with van der Waals surface area (Å²) in [7, 11) is 0. The molecule has 0 aromatic heterocycles. The molecule has 0 unspecified atom stereocenters. The molecule has 8 nitrogen and oxygen atoms in total. The zero-order chi connectivity index (χ0) is 32.8. The number of anilines is 1. The molecule has 48 heavy (non-hydrogen) atoms. The number of benzene rings is 4. The van der Waals surface area contributed by atoms with Crippen LogP contribution < -0.4 is 45.0 Å². The van der Waals surface area contributed by atoms with Gasteiger partial charge in [-0.2, -0.15) is 8.67 Å². The minimum absolute atomic E-state index is 0. The standard InChI is InChI=1S/C37H36N2O6S2.Na/c1-3-38(26-28-11-7-5-8-12-28)32-19-15-30(16-20-32)37(35-24-23-34(46-44-42-40)25-36(35)47-45-43-41)31-17-21-33(22-18-31)39(4-2)27-29-13-9-6-10-14-29;/h5-25H,3-4,26-27H2,1-2H3,(H-,40,41);/q;+1/p-1. The van der Waals surface area contributed by atoms with Crippen LogP contribution in [-0.2, 0) is 31.8 Å². The van der Waals surface area contributed by atoms with Crippen LogP contribution in [0.2, 0.25) is 0 Å². The van der Waals surface area contributed by atoms with E-state index in [4.69, 9.17) is 4.33 Å². The molecule has 1 aliphatic carbocycles. The van der Waals surface area contributed by atoms with Crippen LogP contribution in [0.3, 0.4) is 0 Å². The maximum Gasteiger partial charge on any atom is 1.00 e. The van der Waals surface area contributed by atoms with Crippen molar-refractivity contribution in [3.63, 3.8) is 0 Å². The first-order valence-electron chi connectivity index (χ1n) is 15.2. The van der Waals surface area contributed by atoms with Crippen LogP contribution in [0.4, 0.5) is 5.69 Å². The van der Waals surface area contributed by atoms with Crippen LogP contribution in [0.15, 0.2) is 143 Å². The molecule has 0 fully saturated rings. The summed E-state index contributed by atoms with van der Waals surface area (Å²) in [6, 6.07) is 34.7. The van der Waals surface area contributed by atoms with E-state index >= 15 is 0 Å². The molecule has 0 radical (unpaired) electrons. The summed E-state index contributed by atoms with van der Waals surface area (Å²) in [5.74, 6) is 0. The Morgan fingerprint density at radius 3 is 1.96 bits per heavy atom. The molecule has 0 saturated carbocycles. The van der Waals surface area contributed by atoms with Crippen molar-refractivity contribution < 1.29 is 63.4 Å². The van der Waals surface area contributed by atoms with Gasteiger partial charge in [0.05, 0.1) is 24.1 Å². The fraction of sp³-hybridized carbons (Fsp3) is 0.162. The average Bonchev–Trinajstić information content (AvgIpc) is 3.13. The number of rotatable bonds is 15. The van der Waals surface area contributed by atoms with Crippen molar-refractivity contribution >= 4 is 41.1 Å². The quantitative estimate of drug-likeness (QED) is 0.0608. The van der Waals surface area contributed by atoms with E-state index in [9.17, 15) is 10.5 Å². The Balaban J connectivity index is 0.00000520. The Labute approximate surface area is 312 Å². The molecule has 0 bridgehead atoms. The zero-order valence-corrected chi connectivity index (χ0v) is 30.7. The molecule has 0 atom stereocenters. The molecule has 4 aromatic rings. The van der Waals surface area contributed by atoms with Gasteiger partial charge in [-0.1, -0.05) is 78.9 Å². The van der Waals surface area contributed by atoms with Gasteiger partial charge in [0.25, 0.3) is 0 Å². The van der Waals surface area contributed by atoms with Crippen molar-refractivity contribution in [1.82, 2.24) is 0 Å². The van der Waals surface area contributed by atoms with Crippen LogP contribution in [0.25, 0.3) is 5.57 Å². The van der Waals surface area contributed by atoms with Crippen molar-refractivity contribution in [1.29, 1.82) is 0 Å². The summed E-state index contributed by atoms with van der Waals surface area (Å²) in [5, 5.41) is 28.5. The second-order valence-corrected chi connectivity index (χ2v) is 12.1. The van der Waals surface area contributed by atoms with Crippen molar-refractivity contribution in [3.8, 4) is 0 Å². The Hall–Kier alpha value is -2.97. The third-order valence-corrected chi connectivity index (χ3v) is 8.98. The van der Waals surface area contributed by atoms with E-state index in [1.807, 2.05) is 18.2 Å². The first kappa shape index (κ1) is 37.8. The topological polar surface area (TPSA) is 89.3 Å². The number of hydrogen-bond donors (Lipinski definition) is 0. The van der Waals surface area contributed by atoms with Gasteiger partial charge < -0.3 is 15.4 Å². The van der Waals surface area contributed by atoms with E-state index in [0.717, 1.165) is 83.9 Å². The molecular weight excluding hydrogens is 656 g/mol. The van der Waals surface area contributed by atoms with E-state index in [-0.39, 0.29) is 29.6 Å². The summed E-state index contributed by atoms with van der Waals surface area (Å²) in [5.41, 5.74) is 8.36. The van der Waals surface area contributed by atoms with Gasteiger partial charge >= 0.3 is 29.6 Å². The molecule has 0 amide bonds. The van der Waals surface area contributed by atoms with Crippen LogP contribution in [-0.4, -0.2) is 23.4 Å². The fourth-order valence-electron chi connectivity index (χ4n) is 5.47. The Morgan fingerprint density at radius 2 is 1.35 bits per heavy atom. The van der Waals surface area contributed by atoms with Crippen LogP contribution >= 0.6 is 24.1 Å². The van der Waals surface area contributed by atoms with E-state index in [1.165, 1.54) is 11.1 Å². The molecule has 5 rings (SSSR count). The summed E-state index contributed by atoms with van der Waals surface area (Å²) >= 11 is 1.53. The first-order valence-corrected chi connectivity index (χ1v) is 16.7. The predicted octanol–water partition coefficient (Wildman–Crippen LogP) is 3.78. The molecule has 0 saturated heterocycles. The Morgan fingerprint density at radius 1 is 0.729 bits per heavy atom. The second-order valence-electron chi connectivity index (χ2n) is 10.6. The fourth-order valence-corrected chi connectivity index (χ4v) is 6.47. The Kier molecular flexibility index (Phi) is 15.7. The summed E-state index contributed by atoms with van der Waals surface area (Å²) in [4.78, 5) is 3.48. The van der Waals surface area contributed by atoms with Crippen molar-refractivity contribution in [2.45, 2.75) is 36.7 Å². The molecule has 1 aliphatic rings. The van der Waals surface area contributed by atoms with Gasteiger partial charge in [0.2, 0.25) is 0 Å². The van der Waals surface area contributed by atoms with Crippen molar-refractivity contribution in [2.75, 3.05) is 18.0 Å². The first-order chi connectivity index (χ1) is 23.1. The predicted molar refractivity (Wildman–Crippen MR) is 182 cm³/mol. The van der Waals surface area contributed by atoms with Gasteiger partial charge in [-0.25, -0.2) is 4.58 Å². The molecule has 0 aliphatic heterocycles. The van der Waals surface area contributed by atoms with Crippen LogP contribution in [0, 0.1) is 0 Å². The molecule has 242 valence electrons. The van der Waals surface area contributed by atoms with Crippen LogP contribution in [0.5, 0.6) is 0 Å². The molecular formula is C37H35N2NaO6S2. The zero-order valence-electron chi connectivity index (χ0n) is 27.1. The van der Waals surface area contributed by atoms with Gasteiger partial charge in [-0.05, 0) is 78.1 Å². The van der Waals surface area contributed by atoms with Gasteiger partial charge in [0.15, 0.2) is 12.3 Å². The largest absolute Gasteiger partial charge is 1.00 e. The summed E-state index contributed by atoms with van der Waals surface area (Å²) in [6.07, 6.45) is 8.47. The summed E-state index contributed by atoms with van der Waals surface area (Å²) in [6.45, 7) is 7.60. The van der Waals surface area contributed by atoms with Crippen molar-refractivity contribution in [2.24, 2.45) is 0 Å². The maximum absolute atomic E-state index is 10.9. The number of nitrogens with zero attached hydrogens (tertiary/aromatic N) is 2. The molecule has 0 spiro atoms. The van der Waals surface area contributed by atoms with Gasteiger partial charge in [0, 0.05) is 46.3 Å². The van der Waals surface area contributed by atoms with E-state index in [2.05, 4.69) is 135 Å². The van der Waals surface area contributed by atoms with E-state index in [0.29, 0.717) is 9.79 Å². The molecule has 0 heterocycles. The van der Waals surface area contributed by atoms with Gasteiger partial charge in [0.1, 0.15) is 6.54 Å². The Bertz CT molecular complexity index is 1710. The molecule has 4 aromatic carbocycles. The van der Waals surface area contributed by atoms with Gasteiger partial charge in [-0.15, -0.1) is 0 Å². The molecule has 0 N–H and O–H groups in total. The minimum Gasteiger partial charge on any atom is -0.691 e. The third kappa shape index (κ3) is 10.3. The van der Waals surface area contributed by atoms with E-state index in [1.54, 1.807) is 12.1 Å². The second kappa shape index (κ2) is 19.9. The SMILES string of the molecule is CCN(Cc1ccccc1)c1ccc(C(=C2C=CC(=[N+](CC)Cc3ccccc3)C=C2)c2ccc(SOO[O-])cc2SOO[O-])cc1.[Na+].